The maximum atomic E-state index is 10.2. The zero-order valence-electron chi connectivity index (χ0n) is 10.2. The van der Waals surface area contributed by atoms with Crippen molar-refractivity contribution in [3.05, 3.63) is 11.9 Å². The summed E-state index contributed by atoms with van der Waals surface area (Å²) in [5, 5.41) is 17.9. The summed E-state index contributed by atoms with van der Waals surface area (Å²) < 4.78 is 1.82. The van der Waals surface area contributed by atoms with Crippen LogP contribution in [0.2, 0.25) is 0 Å². The second kappa shape index (κ2) is 4.45. The first-order chi connectivity index (χ1) is 7.63. The molecule has 0 amide bonds. The van der Waals surface area contributed by atoms with Crippen LogP contribution in [0.5, 0.6) is 0 Å². The standard InChI is InChI=1S/C12H21N3O/c1-3-10-11(8-15(2)14-10)13-9-12(16)6-4-5-7-12/h8,13,16H,3-7,9H2,1-2H3. The molecule has 0 aliphatic heterocycles. The number of hydrogen-bond donors (Lipinski definition) is 2. The average Bonchev–Trinajstić information content (AvgIpc) is 2.82. The topological polar surface area (TPSA) is 50.1 Å². The molecule has 4 nitrogen and oxygen atoms in total. The van der Waals surface area contributed by atoms with Gasteiger partial charge in [0.25, 0.3) is 0 Å². The van der Waals surface area contributed by atoms with E-state index in [0.29, 0.717) is 6.54 Å². The smallest absolute Gasteiger partial charge is 0.0853 e. The van der Waals surface area contributed by atoms with Crippen molar-refractivity contribution < 1.29 is 5.11 Å². The molecular weight excluding hydrogens is 202 g/mol. The van der Waals surface area contributed by atoms with Crippen LogP contribution in [0.15, 0.2) is 6.20 Å². The quantitative estimate of drug-likeness (QED) is 0.817. The van der Waals surface area contributed by atoms with Gasteiger partial charge in [-0.15, -0.1) is 0 Å². The molecular formula is C12H21N3O. The Labute approximate surface area is 96.7 Å². The van der Waals surface area contributed by atoms with Crippen molar-refractivity contribution in [2.75, 3.05) is 11.9 Å². The first-order valence-corrected chi connectivity index (χ1v) is 6.12. The van der Waals surface area contributed by atoms with Crippen LogP contribution in [0.4, 0.5) is 5.69 Å². The van der Waals surface area contributed by atoms with Crippen LogP contribution in [0.25, 0.3) is 0 Å². The van der Waals surface area contributed by atoms with Crippen molar-refractivity contribution >= 4 is 5.69 Å². The van der Waals surface area contributed by atoms with E-state index >= 15 is 0 Å². The molecule has 90 valence electrons. The molecule has 1 heterocycles. The number of nitrogens with zero attached hydrogens (tertiary/aromatic N) is 2. The summed E-state index contributed by atoms with van der Waals surface area (Å²) in [6.45, 7) is 2.74. The fourth-order valence-electron chi connectivity index (χ4n) is 2.41. The first kappa shape index (κ1) is 11.5. The van der Waals surface area contributed by atoms with Gasteiger partial charge in [0, 0.05) is 19.8 Å². The Balaban J connectivity index is 1.98. The van der Waals surface area contributed by atoms with Gasteiger partial charge in [0.05, 0.1) is 17.0 Å². The van der Waals surface area contributed by atoms with E-state index in [4.69, 9.17) is 0 Å². The van der Waals surface area contributed by atoms with Gasteiger partial charge in [-0.1, -0.05) is 19.8 Å². The lowest BCUT2D eigenvalue weighted by atomic mass is 10.0. The van der Waals surface area contributed by atoms with Gasteiger partial charge in [-0.3, -0.25) is 4.68 Å². The predicted octanol–water partition coefficient (Wildman–Crippen LogP) is 1.70. The van der Waals surface area contributed by atoms with Crippen LogP contribution < -0.4 is 5.32 Å². The van der Waals surface area contributed by atoms with Crippen molar-refractivity contribution in [3.8, 4) is 0 Å². The number of rotatable bonds is 4. The molecule has 0 radical (unpaired) electrons. The summed E-state index contributed by atoms with van der Waals surface area (Å²) in [5.41, 5.74) is 1.63. The highest BCUT2D eigenvalue weighted by atomic mass is 16.3. The molecule has 16 heavy (non-hydrogen) atoms. The van der Waals surface area contributed by atoms with Crippen molar-refractivity contribution in [1.29, 1.82) is 0 Å². The van der Waals surface area contributed by atoms with Gasteiger partial charge < -0.3 is 10.4 Å². The maximum Gasteiger partial charge on any atom is 0.0853 e. The zero-order chi connectivity index (χ0) is 11.6. The minimum atomic E-state index is -0.499. The highest BCUT2D eigenvalue weighted by Crippen LogP contribution is 2.29. The van der Waals surface area contributed by atoms with E-state index < -0.39 is 5.60 Å². The summed E-state index contributed by atoms with van der Waals surface area (Å²) in [4.78, 5) is 0. The van der Waals surface area contributed by atoms with Gasteiger partial charge in [0.15, 0.2) is 0 Å². The van der Waals surface area contributed by atoms with Crippen LogP contribution in [0, 0.1) is 0 Å². The largest absolute Gasteiger partial charge is 0.388 e. The number of anilines is 1. The molecule has 0 saturated heterocycles. The van der Waals surface area contributed by atoms with Gasteiger partial charge in [-0.2, -0.15) is 5.10 Å². The summed E-state index contributed by atoms with van der Waals surface area (Å²) in [6, 6.07) is 0. The lowest BCUT2D eigenvalue weighted by Gasteiger charge is -2.22. The van der Waals surface area contributed by atoms with E-state index in [0.717, 1.165) is 43.5 Å². The van der Waals surface area contributed by atoms with Gasteiger partial charge in [0.1, 0.15) is 0 Å². The van der Waals surface area contributed by atoms with Gasteiger partial charge in [0.2, 0.25) is 0 Å². The monoisotopic (exact) mass is 223 g/mol. The van der Waals surface area contributed by atoms with Gasteiger partial charge >= 0.3 is 0 Å². The minimum absolute atomic E-state index is 0.499. The Morgan fingerprint density at radius 1 is 1.50 bits per heavy atom. The Morgan fingerprint density at radius 2 is 2.19 bits per heavy atom. The normalized spacial score (nSPS) is 18.9. The molecule has 4 heteroatoms. The summed E-state index contributed by atoms with van der Waals surface area (Å²) >= 11 is 0. The second-order valence-corrected chi connectivity index (χ2v) is 4.80. The van der Waals surface area contributed by atoms with Crippen LogP contribution in [0.1, 0.15) is 38.3 Å². The summed E-state index contributed by atoms with van der Waals surface area (Å²) in [5.74, 6) is 0. The van der Waals surface area contributed by atoms with E-state index in [1.54, 1.807) is 0 Å². The lowest BCUT2D eigenvalue weighted by Crippen LogP contribution is -2.33. The Morgan fingerprint density at radius 3 is 2.81 bits per heavy atom. The van der Waals surface area contributed by atoms with Gasteiger partial charge in [-0.05, 0) is 19.3 Å². The predicted molar refractivity (Wildman–Crippen MR) is 64.5 cm³/mol. The summed E-state index contributed by atoms with van der Waals surface area (Å²) in [6.07, 6.45) is 7.03. The molecule has 1 aromatic rings. The molecule has 1 fully saturated rings. The van der Waals surface area contributed by atoms with Crippen LogP contribution >= 0.6 is 0 Å². The first-order valence-electron chi connectivity index (χ1n) is 6.12. The molecule has 0 aromatic carbocycles. The molecule has 1 saturated carbocycles. The van der Waals surface area contributed by atoms with E-state index in [1.807, 2.05) is 17.9 Å². The Bertz CT molecular complexity index is 353. The van der Waals surface area contributed by atoms with Gasteiger partial charge in [-0.25, -0.2) is 0 Å². The van der Waals surface area contributed by atoms with Crippen molar-refractivity contribution in [1.82, 2.24) is 9.78 Å². The highest BCUT2D eigenvalue weighted by Gasteiger charge is 2.30. The van der Waals surface area contributed by atoms with Crippen molar-refractivity contribution in [3.63, 3.8) is 0 Å². The molecule has 0 unspecified atom stereocenters. The zero-order valence-corrected chi connectivity index (χ0v) is 10.2. The van der Waals surface area contributed by atoms with Crippen LogP contribution in [-0.4, -0.2) is 27.0 Å². The molecule has 2 rings (SSSR count). The lowest BCUT2D eigenvalue weighted by molar-refractivity contribution is 0.0614. The summed E-state index contributed by atoms with van der Waals surface area (Å²) in [7, 11) is 1.93. The maximum absolute atomic E-state index is 10.2. The van der Waals surface area contributed by atoms with Crippen LogP contribution in [-0.2, 0) is 13.5 Å². The third kappa shape index (κ3) is 2.38. The molecule has 1 aliphatic carbocycles. The number of aryl methyl sites for hydroxylation is 2. The number of aliphatic hydroxyl groups is 1. The number of hydrogen-bond acceptors (Lipinski definition) is 3. The third-order valence-corrected chi connectivity index (χ3v) is 3.38. The van der Waals surface area contributed by atoms with E-state index in [2.05, 4.69) is 17.3 Å². The number of aromatic nitrogens is 2. The van der Waals surface area contributed by atoms with Crippen molar-refractivity contribution in [2.45, 2.75) is 44.6 Å². The molecule has 0 spiro atoms. The van der Waals surface area contributed by atoms with Crippen molar-refractivity contribution in [2.24, 2.45) is 7.05 Å². The Kier molecular flexibility index (Phi) is 3.19. The fourth-order valence-corrected chi connectivity index (χ4v) is 2.41. The molecule has 2 N–H and O–H groups in total. The van der Waals surface area contributed by atoms with Crippen LogP contribution in [0.3, 0.4) is 0 Å². The average molecular weight is 223 g/mol. The fraction of sp³-hybridized carbons (Fsp3) is 0.750. The SMILES string of the molecule is CCc1nn(C)cc1NCC1(O)CCCC1. The number of nitrogens with one attached hydrogen (secondary N) is 1. The Hall–Kier alpha value is -1.03. The third-order valence-electron chi connectivity index (χ3n) is 3.38. The molecule has 1 aliphatic rings. The second-order valence-electron chi connectivity index (χ2n) is 4.80. The highest BCUT2D eigenvalue weighted by molar-refractivity contribution is 5.46. The molecule has 0 bridgehead atoms. The van der Waals surface area contributed by atoms with E-state index in [9.17, 15) is 5.11 Å². The van der Waals surface area contributed by atoms with E-state index in [-0.39, 0.29) is 0 Å². The minimum Gasteiger partial charge on any atom is -0.388 e. The molecule has 1 aromatic heterocycles. The molecule has 0 atom stereocenters. The van der Waals surface area contributed by atoms with E-state index in [1.165, 1.54) is 0 Å².